The highest BCUT2D eigenvalue weighted by Gasteiger charge is 2.13. The van der Waals surface area contributed by atoms with Crippen LogP contribution < -0.4 is 4.74 Å². The zero-order chi connectivity index (χ0) is 15.9. The highest BCUT2D eigenvalue weighted by Crippen LogP contribution is 2.28. The molecule has 0 aliphatic carbocycles. The molecule has 115 valence electrons. The van der Waals surface area contributed by atoms with Crippen LogP contribution in [0.2, 0.25) is 0 Å². The number of hydrogen-bond acceptors (Lipinski definition) is 3. The first-order chi connectivity index (χ1) is 10.7. The molecule has 0 amide bonds. The zero-order valence-corrected chi connectivity index (χ0v) is 13.1. The highest BCUT2D eigenvalue weighted by atomic mass is 16.5. The zero-order valence-electron chi connectivity index (χ0n) is 13.1. The predicted molar refractivity (Wildman–Crippen MR) is 89.6 cm³/mol. The lowest BCUT2D eigenvalue weighted by atomic mass is 9.91. The van der Waals surface area contributed by atoms with Gasteiger partial charge in [0.15, 0.2) is 0 Å². The molecule has 0 fully saturated rings. The molecule has 1 unspecified atom stereocenters. The maximum atomic E-state index is 9.03. The molecular formula is C19H22NO2. The second-order valence-electron chi connectivity index (χ2n) is 5.40. The molecule has 3 heteroatoms. The molecule has 0 spiro atoms. The Bertz CT molecular complexity index is 635. The quantitative estimate of drug-likeness (QED) is 0.473. The van der Waals surface area contributed by atoms with E-state index in [0.29, 0.717) is 12.3 Å². The monoisotopic (exact) mass is 296 g/mol. The van der Waals surface area contributed by atoms with E-state index in [1.54, 1.807) is 6.92 Å². The fourth-order valence-corrected chi connectivity index (χ4v) is 2.32. The summed E-state index contributed by atoms with van der Waals surface area (Å²) in [5.74, 6) is 1.08. The highest BCUT2D eigenvalue weighted by molar-refractivity contribution is 5.99. The van der Waals surface area contributed by atoms with E-state index in [1.165, 1.54) is 0 Å². The van der Waals surface area contributed by atoms with Crippen LogP contribution in [-0.2, 0) is 6.61 Å². The molecule has 0 aliphatic heterocycles. The van der Waals surface area contributed by atoms with Crippen LogP contribution in [0.25, 0.3) is 0 Å². The largest absolute Gasteiger partial charge is 0.489 e. The van der Waals surface area contributed by atoms with Gasteiger partial charge >= 0.3 is 0 Å². The van der Waals surface area contributed by atoms with Crippen molar-refractivity contribution in [1.29, 1.82) is 0 Å². The molecule has 1 atom stereocenters. The van der Waals surface area contributed by atoms with Crippen molar-refractivity contribution >= 4 is 5.71 Å². The number of benzene rings is 2. The molecule has 0 aromatic heterocycles. The Labute approximate surface area is 132 Å². The third kappa shape index (κ3) is 3.88. The van der Waals surface area contributed by atoms with Gasteiger partial charge < -0.3 is 9.94 Å². The molecule has 0 saturated carbocycles. The van der Waals surface area contributed by atoms with Crippen molar-refractivity contribution in [3.05, 3.63) is 72.1 Å². The van der Waals surface area contributed by atoms with Crippen molar-refractivity contribution in [2.45, 2.75) is 32.8 Å². The van der Waals surface area contributed by atoms with Gasteiger partial charge in [0.05, 0.1) is 5.71 Å². The summed E-state index contributed by atoms with van der Waals surface area (Å²) in [6, 6.07) is 15.9. The van der Waals surface area contributed by atoms with Crippen LogP contribution in [0.4, 0.5) is 0 Å². The number of hydrogen-bond donors (Lipinski definition) is 1. The van der Waals surface area contributed by atoms with E-state index < -0.39 is 0 Å². The summed E-state index contributed by atoms with van der Waals surface area (Å²) in [7, 11) is 0. The van der Waals surface area contributed by atoms with E-state index in [9.17, 15) is 0 Å². The van der Waals surface area contributed by atoms with Crippen LogP contribution in [0.3, 0.4) is 0 Å². The van der Waals surface area contributed by atoms with Gasteiger partial charge in [-0.2, -0.15) is 0 Å². The minimum atomic E-state index is 0.270. The Hall–Kier alpha value is -2.29. The first kappa shape index (κ1) is 16.1. The SMILES string of the molecule is [CH2]CC(C)c1cc(OCc2ccccc2)ccc1C(C)=NO. The van der Waals surface area contributed by atoms with E-state index in [4.69, 9.17) is 9.94 Å². The summed E-state index contributed by atoms with van der Waals surface area (Å²) in [5, 5.41) is 12.3. The Morgan fingerprint density at radius 2 is 1.95 bits per heavy atom. The summed E-state index contributed by atoms with van der Waals surface area (Å²) in [6.07, 6.45) is 0.772. The van der Waals surface area contributed by atoms with Crippen molar-refractivity contribution in [1.82, 2.24) is 0 Å². The van der Waals surface area contributed by atoms with Gasteiger partial charge in [-0.3, -0.25) is 0 Å². The van der Waals surface area contributed by atoms with E-state index >= 15 is 0 Å². The third-order valence-corrected chi connectivity index (χ3v) is 3.78. The van der Waals surface area contributed by atoms with Crippen LogP contribution in [0.1, 0.15) is 42.9 Å². The number of ether oxygens (including phenoxy) is 1. The first-order valence-electron chi connectivity index (χ1n) is 7.44. The van der Waals surface area contributed by atoms with Crippen molar-refractivity contribution < 1.29 is 9.94 Å². The van der Waals surface area contributed by atoms with Gasteiger partial charge in [-0.05, 0) is 48.6 Å². The van der Waals surface area contributed by atoms with Crippen LogP contribution in [-0.4, -0.2) is 10.9 Å². The third-order valence-electron chi connectivity index (χ3n) is 3.78. The lowest BCUT2D eigenvalue weighted by Crippen LogP contribution is -2.05. The van der Waals surface area contributed by atoms with Crippen molar-refractivity contribution in [2.75, 3.05) is 0 Å². The van der Waals surface area contributed by atoms with Crippen LogP contribution in [0, 0.1) is 6.92 Å². The Balaban J connectivity index is 2.23. The maximum Gasteiger partial charge on any atom is 0.120 e. The Kier molecular flexibility index (Phi) is 5.59. The molecule has 0 bridgehead atoms. The number of rotatable bonds is 6. The summed E-state index contributed by atoms with van der Waals surface area (Å²) < 4.78 is 5.87. The van der Waals surface area contributed by atoms with Gasteiger partial charge in [0.25, 0.3) is 0 Å². The molecule has 0 aliphatic rings. The van der Waals surface area contributed by atoms with Crippen molar-refractivity contribution in [2.24, 2.45) is 5.16 Å². The minimum Gasteiger partial charge on any atom is -0.489 e. The summed E-state index contributed by atoms with van der Waals surface area (Å²) in [6.45, 7) is 8.40. The minimum absolute atomic E-state index is 0.270. The molecular weight excluding hydrogens is 274 g/mol. The summed E-state index contributed by atoms with van der Waals surface area (Å²) in [5.41, 5.74) is 3.76. The van der Waals surface area contributed by atoms with Gasteiger partial charge in [-0.15, -0.1) is 0 Å². The summed E-state index contributed by atoms with van der Waals surface area (Å²) >= 11 is 0. The summed E-state index contributed by atoms with van der Waals surface area (Å²) in [4.78, 5) is 0. The second kappa shape index (κ2) is 7.64. The van der Waals surface area contributed by atoms with Crippen molar-refractivity contribution in [3.63, 3.8) is 0 Å². The molecule has 2 aromatic carbocycles. The predicted octanol–water partition coefficient (Wildman–Crippen LogP) is 4.79. The van der Waals surface area contributed by atoms with Gasteiger partial charge in [0, 0.05) is 5.56 Å². The van der Waals surface area contributed by atoms with E-state index in [-0.39, 0.29) is 5.92 Å². The Morgan fingerprint density at radius 1 is 1.23 bits per heavy atom. The van der Waals surface area contributed by atoms with E-state index in [1.807, 2.05) is 48.5 Å². The molecule has 1 radical (unpaired) electrons. The molecule has 3 nitrogen and oxygen atoms in total. The molecule has 22 heavy (non-hydrogen) atoms. The number of nitrogens with zero attached hydrogens (tertiary/aromatic N) is 1. The van der Waals surface area contributed by atoms with Crippen LogP contribution in [0.5, 0.6) is 5.75 Å². The molecule has 2 rings (SSSR count). The average molecular weight is 296 g/mol. The topological polar surface area (TPSA) is 41.8 Å². The smallest absolute Gasteiger partial charge is 0.120 e. The van der Waals surface area contributed by atoms with Gasteiger partial charge in [0.1, 0.15) is 12.4 Å². The molecule has 0 heterocycles. The fourth-order valence-electron chi connectivity index (χ4n) is 2.32. The molecule has 1 N–H and O–H groups in total. The lowest BCUT2D eigenvalue weighted by Gasteiger charge is -2.16. The average Bonchev–Trinajstić information content (AvgIpc) is 2.59. The maximum absolute atomic E-state index is 9.03. The van der Waals surface area contributed by atoms with Crippen molar-refractivity contribution in [3.8, 4) is 5.75 Å². The standard InChI is InChI=1S/C19H22NO2/c1-4-14(2)19-12-17(10-11-18(19)15(3)20-21)22-13-16-8-6-5-7-9-16/h5-12,14,21H,1,4,13H2,2-3H3. The van der Waals surface area contributed by atoms with Gasteiger partial charge in [-0.1, -0.05) is 49.3 Å². The van der Waals surface area contributed by atoms with Gasteiger partial charge in [-0.25, -0.2) is 0 Å². The molecule has 2 aromatic rings. The van der Waals surface area contributed by atoms with E-state index in [0.717, 1.165) is 28.9 Å². The van der Waals surface area contributed by atoms with Crippen LogP contribution in [0.15, 0.2) is 53.7 Å². The normalized spacial score (nSPS) is 13.0. The Morgan fingerprint density at radius 3 is 2.59 bits per heavy atom. The van der Waals surface area contributed by atoms with Crippen LogP contribution >= 0.6 is 0 Å². The first-order valence-corrected chi connectivity index (χ1v) is 7.44. The van der Waals surface area contributed by atoms with Gasteiger partial charge in [0.2, 0.25) is 0 Å². The second-order valence-corrected chi connectivity index (χ2v) is 5.40. The fraction of sp³-hybridized carbons (Fsp3) is 0.263. The molecule has 0 saturated heterocycles. The van der Waals surface area contributed by atoms with E-state index in [2.05, 4.69) is 19.0 Å². The number of oxime groups is 1. The lowest BCUT2D eigenvalue weighted by molar-refractivity contribution is 0.305.